The van der Waals surface area contributed by atoms with Crippen molar-refractivity contribution in [3.63, 3.8) is 0 Å². The van der Waals surface area contributed by atoms with E-state index in [-0.39, 0.29) is 11.7 Å². The Kier molecular flexibility index (Phi) is 5.61. The Morgan fingerprint density at radius 2 is 1.90 bits per heavy atom. The van der Waals surface area contributed by atoms with Gasteiger partial charge in [-0.1, -0.05) is 25.1 Å². The number of carbonyl (C=O) groups excluding carboxylic acids is 1. The Labute approximate surface area is 171 Å². The summed E-state index contributed by atoms with van der Waals surface area (Å²) in [5, 5.41) is 0.944. The fourth-order valence-electron chi connectivity index (χ4n) is 4.95. The number of rotatable bonds is 5. The maximum atomic E-state index is 13.8. The topological polar surface area (TPSA) is 56.0 Å². The van der Waals surface area contributed by atoms with Crippen LogP contribution in [0.25, 0.3) is 10.9 Å². The van der Waals surface area contributed by atoms with Gasteiger partial charge in [0.15, 0.2) is 0 Å². The number of hydrogen-bond acceptors (Lipinski definition) is 2. The summed E-state index contributed by atoms with van der Waals surface area (Å²) in [6.07, 6.45) is 7.19. The van der Waals surface area contributed by atoms with Crippen molar-refractivity contribution in [2.24, 2.45) is 17.6 Å². The minimum atomic E-state index is -0.353. The standard InChI is InChI=1S/C25H27FN2O/c1-16(14-19-4-2-3-5-22(19)25(27)29)17-6-8-18(9-7-17)21-12-13-28-24-11-10-20(26)15-23(21)24/h2-5,10-13,15-18H,6-9,14H2,1H3,(H2,27,29)/t16-,17?,18?/m1/s1. The molecule has 0 radical (unpaired) electrons. The second kappa shape index (κ2) is 8.32. The van der Waals surface area contributed by atoms with E-state index in [9.17, 15) is 9.18 Å². The molecule has 1 heterocycles. The van der Waals surface area contributed by atoms with Gasteiger partial charge in [-0.25, -0.2) is 4.39 Å². The number of pyridine rings is 1. The van der Waals surface area contributed by atoms with Crippen LogP contribution in [0.5, 0.6) is 0 Å². The van der Waals surface area contributed by atoms with E-state index in [0.29, 0.717) is 23.3 Å². The Morgan fingerprint density at radius 1 is 1.14 bits per heavy atom. The summed E-state index contributed by atoms with van der Waals surface area (Å²) in [5.74, 6) is 0.999. The third-order valence-corrected chi connectivity index (χ3v) is 6.58. The predicted octanol–water partition coefficient (Wildman–Crippen LogP) is 5.63. The first-order valence-corrected chi connectivity index (χ1v) is 10.4. The highest BCUT2D eigenvalue weighted by Gasteiger charge is 2.27. The Hall–Kier alpha value is -2.75. The summed E-state index contributed by atoms with van der Waals surface area (Å²) < 4.78 is 13.8. The molecule has 1 aliphatic carbocycles. The number of primary amides is 1. The second-order valence-corrected chi connectivity index (χ2v) is 8.38. The third kappa shape index (κ3) is 4.16. The molecule has 1 aliphatic rings. The van der Waals surface area contributed by atoms with Crippen LogP contribution in [0.4, 0.5) is 4.39 Å². The average molecular weight is 391 g/mol. The van der Waals surface area contributed by atoms with Gasteiger partial charge in [-0.3, -0.25) is 9.78 Å². The number of nitrogens with zero attached hydrogens (tertiary/aromatic N) is 1. The van der Waals surface area contributed by atoms with Crippen LogP contribution in [0.15, 0.2) is 54.7 Å². The molecule has 150 valence electrons. The van der Waals surface area contributed by atoms with Crippen LogP contribution < -0.4 is 5.73 Å². The van der Waals surface area contributed by atoms with Crippen molar-refractivity contribution in [3.05, 3.63) is 77.2 Å². The minimum absolute atomic E-state index is 0.206. The highest BCUT2D eigenvalue weighted by Crippen LogP contribution is 2.41. The minimum Gasteiger partial charge on any atom is -0.366 e. The van der Waals surface area contributed by atoms with E-state index in [1.807, 2.05) is 30.5 Å². The summed E-state index contributed by atoms with van der Waals surface area (Å²) in [4.78, 5) is 16.1. The van der Waals surface area contributed by atoms with E-state index in [1.165, 1.54) is 11.6 Å². The number of hydrogen-bond donors (Lipinski definition) is 1. The maximum absolute atomic E-state index is 13.8. The molecule has 1 amide bonds. The van der Waals surface area contributed by atoms with Gasteiger partial charge in [0.2, 0.25) is 5.91 Å². The van der Waals surface area contributed by atoms with Gasteiger partial charge in [0.25, 0.3) is 0 Å². The largest absolute Gasteiger partial charge is 0.366 e. The van der Waals surface area contributed by atoms with Crippen molar-refractivity contribution < 1.29 is 9.18 Å². The molecule has 0 bridgehead atoms. The van der Waals surface area contributed by atoms with Crippen LogP contribution in [0.3, 0.4) is 0 Å². The van der Waals surface area contributed by atoms with E-state index in [1.54, 1.807) is 12.1 Å². The molecular formula is C25H27FN2O. The quantitative estimate of drug-likeness (QED) is 0.614. The molecule has 0 saturated heterocycles. The lowest BCUT2D eigenvalue weighted by Crippen LogP contribution is -2.22. The lowest BCUT2D eigenvalue weighted by molar-refractivity contribution is 0.0999. The zero-order valence-electron chi connectivity index (χ0n) is 16.8. The average Bonchev–Trinajstić information content (AvgIpc) is 2.73. The van der Waals surface area contributed by atoms with Crippen molar-refractivity contribution in [1.82, 2.24) is 4.98 Å². The molecule has 4 rings (SSSR count). The molecule has 0 spiro atoms. The predicted molar refractivity (Wildman–Crippen MR) is 114 cm³/mol. The molecule has 1 fully saturated rings. The second-order valence-electron chi connectivity index (χ2n) is 8.38. The van der Waals surface area contributed by atoms with Crippen LogP contribution in [-0.2, 0) is 6.42 Å². The third-order valence-electron chi connectivity index (χ3n) is 6.58. The van der Waals surface area contributed by atoms with Crippen LogP contribution in [0, 0.1) is 17.7 Å². The summed E-state index contributed by atoms with van der Waals surface area (Å²) in [6.45, 7) is 2.28. The highest BCUT2D eigenvalue weighted by molar-refractivity contribution is 5.94. The number of nitrogens with two attached hydrogens (primary N) is 1. The summed E-state index contributed by atoms with van der Waals surface area (Å²) in [5.41, 5.74) is 9.31. The van der Waals surface area contributed by atoms with Gasteiger partial charge in [-0.15, -0.1) is 0 Å². The fourth-order valence-corrected chi connectivity index (χ4v) is 4.95. The Bertz CT molecular complexity index is 1020. The molecular weight excluding hydrogens is 363 g/mol. The smallest absolute Gasteiger partial charge is 0.248 e. The van der Waals surface area contributed by atoms with E-state index < -0.39 is 0 Å². The highest BCUT2D eigenvalue weighted by atomic mass is 19.1. The molecule has 2 N–H and O–H groups in total. The molecule has 3 nitrogen and oxygen atoms in total. The fraction of sp³-hybridized carbons (Fsp3) is 0.360. The van der Waals surface area contributed by atoms with Crippen molar-refractivity contribution in [2.45, 2.75) is 44.9 Å². The van der Waals surface area contributed by atoms with Crippen LogP contribution in [-0.4, -0.2) is 10.9 Å². The summed E-state index contributed by atoms with van der Waals surface area (Å²) in [6, 6.07) is 14.6. The van der Waals surface area contributed by atoms with E-state index in [2.05, 4.69) is 18.0 Å². The SMILES string of the molecule is C[C@H](Cc1ccccc1C(N)=O)C1CCC(c2ccnc3ccc(F)cc23)CC1. The van der Waals surface area contributed by atoms with Crippen molar-refractivity contribution in [3.8, 4) is 0 Å². The van der Waals surface area contributed by atoms with Crippen LogP contribution >= 0.6 is 0 Å². The number of fused-ring (bicyclic) bond motifs is 1. The molecule has 1 saturated carbocycles. The summed E-state index contributed by atoms with van der Waals surface area (Å²) >= 11 is 0. The van der Waals surface area contributed by atoms with Crippen molar-refractivity contribution >= 4 is 16.8 Å². The van der Waals surface area contributed by atoms with Gasteiger partial charge < -0.3 is 5.73 Å². The Balaban J connectivity index is 1.45. The zero-order chi connectivity index (χ0) is 20.4. The molecule has 3 aromatic rings. The van der Waals surface area contributed by atoms with Gasteiger partial charge >= 0.3 is 0 Å². The summed E-state index contributed by atoms with van der Waals surface area (Å²) in [7, 11) is 0. The monoisotopic (exact) mass is 390 g/mol. The van der Waals surface area contributed by atoms with Gasteiger partial charge in [0.05, 0.1) is 5.52 Å². The maximum Gasteiger partial charge on any atom is 0.248 e. The van der Waals surface area contributed by atoms with Crippen molar-refractivity contribution in [1.29, 1.82) is 0 Å². The molecule has 29 heavy (non-hydrogen) atoms. The first-order chi connectivity index (χ1) is 14.0. The molecule has 2 aromatic carbocycles. The number of benzene rings is 2. The number of aromatic nitrogens is 1. The number of amides is 1. The zero-order valence-corrected chi connectivity index (χ0v) is 16.8. The molecule has 1 aromatic heterocycles. The van der Waals surface area contributed by atoms with Gasteiger partial charge in [-0.05, 0) is 91.3 Å². The van der Waals surface area contributed by atoms with Crippen molar-refractivity contribution in [2.75, 3.05) is 0 Å². The lowest BCUT2D eigenvalue weighted by atomic mass is 9.72. The normalized spacial score (nSPS) is 20.5. The number of halogens is 1. The first kappa shape index (κ1) is 19.6. The van der Waals surface area contributed by atoms with E-state index in [4.69, 9.17) is 5.73 Å². The molecule has 1 atom stereocenters. The number of carbonyl (C=O) groups is 1. The first-order valence-electron chi connectivity index (χ1n) is 10.4. The van der Waals surface area contributed by atoms with Gasteiger partial charge in [0.1, 0.15) is 5.82 Å². The molecule has 4 heteroatoms. The van der Waals surface area contributed by atoms with Crippen LogP contribution in [0.2, 0.25) is 0 Å². The molecule has 0 unspecified atom stereocenters. The molecule has 0 aliphatic heterocycles. The Morgan fingerprint density at radius 3 is 2.66 bits per heavy atom. The lowest BCUT2D eigenvalue weighted by Gasteiger charge is -2.33. The van der Waals surface area contributed by atoms with E-state index in [0.717, 1.165) is 48.6 Å². The van der Waals surface area contributed by atoms with Gasteiger partial charge in [-0.2, -0.15) is 0 Å². The van der Waals surface area contributed by atoms with E-state index >= 15 is 0 Å². The van der Waals surface area contributed by atoms with Gasteiger partial charge in [0, 0.05) is 17.1 Å². The van der Waals surface area contributed by atoms with Crippen LogP contribution in [0.1, 0.15) is 60.0 Å².